The molecule has 0 spiro atoms. The summed E-state index contributed by atoms with van der Waals surface area (Å²) in [5, 5.41) is 6.68. The Kier molecular flexibility index (Phi) is 8.69. The standard InChI is InChI=1S/C20H39N5O/c1-4-21-19(22-14-11-18(26)24(2)3)23-17-20(12-7-5-8-13-20)25-15-9-6-10-16-25/h4-17H2,1-3H3,(H2,21,22,23). The summed E-state index contributed by atoms with van der Waals surface area (Å²) in [5.41, 5.74) is 0.250. The van der Waals surface area contributed by atoms with E-state index in [1.807, 2.05) is 0 Å². The van der Waals surface area contributed by atoms with Crippen molar-refractivity contribution in [2.75, 3.05) is 46.8 Å². The van der Waals surface area contributed by atoms with Gasteiger partial charge in [-0.15, -0.1) is 0 Å². The number of nitrogens with zero attached hydrogens (tertiary/aromatic N) is 3. The Bertz CT molecular complexity index is 451. The van der Waals surface area contributed by atoms with Crippen molar-refractivity contribution in [2.24, 2.45) is 4.99 Å². The highest BCUT2D eigenvalue weighted by Crippen LogP contribution is 2.35. The van der Waals surface area contributed by atoms with E-state index in [2.05, 4.69) is 22.5 Å². The molecule has 0 bridgehead atoms. The van der Waals surface area contributed by atoms with Crippen LogP contribution < -0.4 is 10.6 Å². The lowest BCUT2D eigenvalue weighted by Crippen LogP contribution is -2.54. The molecular formula is C20H39N5O. The molecule has 1 aliphatic carbocycles. The molecule has 1 saturated heterocycles. The molecule has 0 atom stereocenters. The van der Waals surface area contributed by atoms with Crippen molar-refractivity contribution in [3.8, 4) is 0 Å². The maximum atomic E-state index is 11.8. The molecule has 2 N–H and O–H groups in total. The van der Waals surface area contributed by atoms with Gasteiger partial charge in [-0.1, -0.05) is 25.7 Å². The van der Waals surface area contributed by atoms with Crippen LogP contribution in [0, 0.1) is 0 Å². The molecular weight excluding hydrogens is 326 g/mol. The number of nitrogens with one attached hydrogen (secondary N) is 2. The van der Waals surface area contributed by atoms with Gasteiger partial charge in [-0.25, -0.2) is 0 Å². The molecule has 26 heavy (non-hydrogen) atoms. The Morgan fingerprint density at radius 1 is 1.04 bits per heavy atom. The summed E-state index contributed by atoms with van der Waals surface area (Å²) >= 11 is 0. The van der Waals surface area contributed by atoms with Gasteiger partial charge in [-0.2, -0.15) is 0 Å². The minimum Gasteiger partial charge on any atom is -0.357 e. The van der Waals surface area contributed by atoms with Gasteiger partial charge in [-0.05, 0) is 45.7 Å². The summed E-state index contributed by atoms with van der Waals surface area (Å²) in [7, 11) is 3.60. The fourth-order valence-corrected chi connectivity index (χ4v) is 4.23. The molecule has 1 amide bonds. The third-order valence-corrected chi connectivity index (χ3v) is 5.82. The first kappa shape index (κ1) is 21.0. The van der Waals surface area contributed by atoms with Gasteiger partial charge in [0.2, 0.25) is 5.91 Å². The average Bonchev–Trinajstić information content (AvgIpc) is 2.67. The Hall–Kier alpha value is -1.30. The second-order valence-electron chi connectivity index (χ2n) is 7.99. The highest BCUT2D eigenvalue weighted by atomic mass is 16.2. The third kappa shape index (κ3) is 6.15. The van der Waals surface area contributed by atoms with Crippen LogP contribution in [-0.2, 0) is 4.79 Å². The molecule has 6 nitrogen and oxygen atoms in total. The molecule has 1 saturated carbocycles. The third-order valence-electron chi connectivity index (χ3n) is 5.82. The number of guanidine groups is 1. The lowest BCUT2D eigenvalue weighted by molar-refractivity contribution is -0.128. The van der Waals surface area contributed by atoms with E-state index in [1.54, 1.807) is 19.0 Å². The second kappa shape index (κ2) is 10.8. The van der Waals surface area contributed by atoms with E-state index in [9.17, 15) is 4.79 Å². The van der Waals surface area contributed by atoms with Crippen LogP contribution in [0.1, 0.15) is 64.7 Å². The van der Waals surface area contributed by atoms with E-state index in [0.717, 1.165) is 19.0 Å². The van der Waals surface area contributed by atoms with E-state index in [4.69, 9.17) is 4.99 Å². The van der Waals surface area contributed by atoms with Gasteiger partial charge in [0.25, 0.3) is 0 Å². The number of aliphatic imine (C=N–C) groups is 1. The largest absolute Gasteiger partial charge is 0.357 e. The van der Waals surface area contributed by atoms with E-state index in [0.29, 0.717) is 13.0 Å². The number of likely N-dealkylation sites (tertiary alicyclic amines) is 1. The quantitative estimate of drug-likeness (QED) is 0.536. The Balaban J connectivity index is 1.97. The van der Waals surface area contributed by atoms with Crippen LogP contribution in [0.25, 0.3) is 0 Å². The predicted molar refractivity (Wildman–Crippen MR) is 109 cm³/mol. The minimum absolute atomic E-state index is 0.144. The topological polar surface area (TPSA) is 60.0 Å². The van der Waals surface area contributed by atoms with Gasteiger partial charge in [0.05, 0.1) is 6.54 Å². The van der Waals surface area contributed by atoms with Crippen molar-refractivity contribution in [1.82, 2.24) is 20.4 Å². The van der Waals surface area contributed by atoms with Gasteiger partial charge < -0.3 is 15.5 Å². The Morgan fingerprint density at radius 3 is 2.31 bits per heavy atom. The maximum absolute atomic E-state index is 11.8. The van der Waals surface area contributed by atoms with Gasteiger partial charge in [-0.3, -0.25) is 14.7 Å². The van der Waals surface area contributed by atoms with Gasteiger partial charge in [0, 0.05) is 39.1 Å². The fraction of sp³-hybridized carbons (Fsp3) is 0.900. The zero-order chi connectivity index (χ0) is 18.8. The highest BCUT2D eigenvalue weighted by molar-refractivity contribution is 5.81. The summed E-state index contributed by atoms with van der Waals surface area (Å²) in [4.78, 5) is 21.1. The van der Waals surface area contributed by atoms with Crippen molar-refractivity contribution in [3.63, 3.8) is 0 Å². The van der Waals surface area contributed by atoms with Crippen LogP contribution in [0.5, 0.6) is 0 Å². The number of hydrogen-bond donors (Lipinski definition) is 2. The van der Waals surface area contributed by atoms with E-state index in [1.165, 1.54) is 64.5 Å². The average molecular weight is 366 g/mol. The van der Waals surface area contributed by atoms with E-state index < -0.39 is 0 Å². The van der Waals surface area contributed by atoms with Crippen LogP contribution in [0.15, 0.2) is 4.99 Å². The van der Waals surface area contributed by atoms with Crippen molar-refractivity contribution in [1.29, 1.82) is 0 Å². The van der Waals surface area contributed by atoms with Crippen LogP contribution in [-0.4, -0.2) is 74.0 Å². The van der Waals surface area contributed by atoms with Crippen molar-refractivity contribution in [3.05, 3.63) is 0 Å². The number of carbonyl (C=O) groups is 1. The van der Waals surface area contributed by atoms with Crippen LogP contribution in [0.4, 0.5) is 0 Å². The van der Waals surface area contributed by atoms with Gasteiger partial charge in [0.1, 0.15) is 0 Å². The van der Waals surface area contributed by atoms with E-state index in [-0.39, 0.29) is 11.4 Å². The van der Waals surface area contributed by atoms with Gasteiger partial charge in [0.15, 0.2) is 5.96 Å². The van der Waals surface area contributed by atoms with Gasteiger partial charge >= 0.3 is 0 Å². The molecule has 0 unspecified atom stereocenters. The zero-order valence-corrected chi connectivity index (χ0v) is 17.1. The first-order valence-corrected chi connectivity index (χ1v) is 10.5. The first-order chi connectivity index (χ1) is 12.6. The molecule has 0 aromatic rings. The molecule has 6 heteroatoms. The summed E-state index contributed by atoms with van der Waals surface area (Å²) < 4.78 is 0. The van der Waals surface area contributed by atoms with E-state index >= 15 is 0 Å². The summed E-state index contributed by atoms with van der Waals surface area (Å²) in [6.07, 6.45) is 11.1. The summed E-state index contributed by atoms with van der Waals surface area (Å²) in [6.45, 7) is 6.88. The molecule has 2 aliphatic rings. The maximum Gasteiger partial charge on any atom is 0.223 e. The second-order valence-corrected chi connectivity index (χ2v) is 7.99. The number of piperidine rings is 1. The number of amides is 1. The molecule has 150 valence electrons. The lowest BCUT2D eigenvalue weighted by atomic mass is 9.79. The minimum atomic E-state index is 0.144. The molecule has 1 heterocycles. The SMILES string of the molecule is CCNC(=NCC1(N2CCCCC2)CCCCC1)NCCC(=O)N(C)C. The number of carbonyl (C=O) groups excluding carboxylic acids is 1. The number of rotatable bonds is 7. The van der Waals surface area contributed by atoms with Crippen molar-refractivity contribution in [2.45, 2.75) is 70.3 Å². The summed E-state index contributed by atoms with van der Waals surface area (Å²) in [6, 6.07) is 0. The molecule has 0 aromatic carbocycles. The van der Waals surface area contributed by atoms with Crippen LogP contribution >= 0.6 is 0 Å². The van der Waals surface area contributed by atoms with Crippen LogP contribution in [0.2, 0.25) is 0 Å². The smallest absolute Gasteiger partial charge is 0.223 e. The molecule has 2 fully saturated rings. The van der Waals surface area contributed by atoms with Crippen molar-refractivity contribution < 1.29 is 4.79 Å². The molecule has 1 aliphatic heterocycles. The number of hydrogen-bond acceptors (Lipinski definition) is 3. The van der Waals surface area contributed by atoms with Crippen LogP contribution in [0.3, 0.4) is 0 Å². The predicted octanol–water partition coefficient (Wildman–Crippen LogP) is 2.21. The normalized spacial score (nSPS) is 21.3. The first-order valence-electron chi connectivity index (χ1n) is 10.5. The Labute approximate surface area is 159 Å². The molecule has 2 rings (SSSR count). The zero-order valence-electron chi connectivity index (χ0n) is 17.1. The van der Waals surface area contributed by atoms with Crippen molar-refractivity contribution >= 4 is 11.9 Å². The molecule has 0 aromatic heterocycles. The summed E-state index contributed by atoms with van der Waals surface area (Å²) in [5.74, 6) is 0.992. The molecule has 0 radical (unpaired) electrons. The Morgan fingerprint density at radius 2 is 1.69 bits per heavy atom. The monoisotopic (exact) mass is 365 g/mol. The lowest BCUT2D eigenvalue weighted by Gasteiger charge is -2.47. The highest BCUT2D eigenvalue weighted by Gasteiger charge is 2.38. The fourth-order valence-electron chi connectivity index (χ4n) is 4.23.